The molecule has 1 aliphatic carbocycles. The number of para-hydroxylation sites is 2. The van der Waals surface area contributed by atoms with E-state index in [-0.39, 0.29) is 29.4 Å². The molecule has 0 radical (unpaired) electrons. The molecular formula is C25H19F3N2O2S. The van der Waals surface area contributed by atoms with Gasteiger partial charge >= 0.3 is 12.1 Å². The van der Waals surface area contributed by atoms with Gasteiger partial charge in [0.1, 0.15) is 6.04 Å². The molecule has 2 aromatic carbocycles. The van der Waals surface area contributed by atoms with Crippen molar-refractivity contribution in [1.29, 1.82) is 0 Å². The van der Waals surface area contributed by atoms with Gasteiger partial charge in [-0.3, -0.25) is 14.5 Å². The van der Waals surface area contributed by atoms with Crippen LogP contribution >= 0.6 is 11.3 Å². The summed E-state index contributed by atoms with van der Waals surface area (Å²) in [5.74, 6) is -2.36. The number of hydrogen-bond acceptors (Lipinski definition) is 4. The van der Waals surface area contributed by atoms with Crippen molar-refractivity contribution in [1.82, 2.24) is 0 Å². The standard InChI is InChI=1S/C25H19F3N2O2S/c26-25(27,28)24(32)30-19-10-5-4-9-17(19)29-18-13-16(15-7-2-1-3-8-15)14-20(31)22(18)23(30)21-11-6-12-33-21/h1-12,16,23,29H,13-14H2/t16-,23+/m0/s1. The van der Waals surface area contributed by atoms with Gasteiger partial charge in [0, 0.05) is 22.6 Å². The van der Waals surface area contributed by atoms with Gasteiger partial charge in [0.25, 0.3) is 0 Å². The summed E-state index contributed by atoms with van der Waals surface area (Å²) in [6, 6.07) is 18.2. The average molecular weight is 469 g/mol. The predicted octanol–water partition coefficient (Wildman–Crippen LogP) is 6.21. The minimum atomic E-state index is -5.10. The van der Waals surface area contributed by atoms with E-state index in [1.807, 2.05) is 30.3 Å². The normalized spacial score (nSPS) is 20.6. The van der Waals surface area contributed by atoms with Gasteiger partial charge in [-0.2, -0.15) is 13.2 Å². The molecule has 33 heavy (non-hydrogen) atoms. The summed E-state index contributed by atoms with van der Waals surface area (Å²) in [6.07, 6.45) is -4.48. The molecule has 168 valence electrons. The zero-order valence-corrected chi connectivity index (χ0v) is 18.1. The lowest BCUT2D eigenvalue weighted by Gasteiger charge is -2.34. The fraction of sp³-hybridized carbons (Fsp3) is 0.200. The van der Waals surface area contributed by atoms with E-state index in [9.17, 15) is 22.8 Å². The lowest BCUT2D eigenvalue weighted by molar-refractivity contribution is -0.170. The molecule has 0 unspecified atom stereocenters. The van der Waals surface area contributed by atoms with Gasteiger partial charge in [0.05, 0.1) is 11.4 Å². The zero-order chi connectivity index (χ0) is 23.2. The van der Waals surface area contributed by atoms with Crippen LogP contribution in [0.1, 0.15) is 35.2 Å². The molecule has 1 aliphatic heterocycles. The number of allylic oxidation sites excluding steroid dienone is 1. The van der Waals surface area contributed by atoms with Crippen LogP contribution in [0.3, 0.4) is 0 Å². The Bertz CT molecular complexity index is 1240. The Hall–Kier alpha value is -3.39. The van der Waals surface area contributed by atoms with Crippen molar-refractivity contribution in [2.24, 2.45) is 0 Å². The Morgan fingerprint density at radius 1 is 0.970 bits per heavy atom. The van der Waals surface area contributed by atoms with Crippen LogP contribution in [0.2, 0.25) is 0 Å². The first-order valence-corrected chi connectivity index (χ1v) is 11.3. The number of rotatable bonds is 2. The van der Waals surface area contributed by atoms with Crippen molar-refractivity contribution in [3.63, 3.8) is 0 Å². The molecule has 0 spiro atoms. The SMILES string of the molecule is O=C1C[C@@H](c2ccccc2)CC2=C1[C@@H](c1cccs1)N(C(=O)C(F)(F)F)c1ccccc1N2. The van der Waals surface area contributed by atoms with Gasteiger partial charge in [-0.15, -0.1) is 11.3 Å². The number of Topliss-reactive ketones (excluding diaryl/α,β-unsaturated/α-hetero) is 1. The number of anilines is 2. The van der Waals surface area contributed by atoms with Crippen molar-refractivity contribution < 1.29 is 22.8 Å². The third-order valence-electron chi connectivity index (χ3n) is 6.03. The molecule has 8 heteroatoms. The summed E-state index contributed by atoms with van der Waals surface area (Å²) in [5.41, 5.74) is 2.23. The van der Waals surface area contributed by atoms with E-state index < -0.39 is 18.1 Å². The first kappa shape index (κ1) is 21.5. The second kappa shape index (κ2) is 8.19. The molecule has 0 fully saturated rings. The van der Waals surface area contributed by atoms with E-state index in [4.69, 9.17) is 0 Å². The van der Waals surface area contributed by atoms with Gasteiger partial charge in [-0.1, -0.05) is 48.5 Å². The first-order chi connectivity index (χ1) is 15.8. The van der Waals surface area contributed by atoms with Gasteiger partial charge in [0.2, 0.25) is 0 Å². The summed E-state index contributed by atoms with van der Waals surface area (Å²) < 4.78 is 41.3. The van der Waals surface area contributed by atoms with Gasteiger partial charge in [-0.05, 0) is 41.5 Å². The largest absolute Gasteiger partial charge is 0.471 e. The summed E-state index contributed by atoms with van der Waals surface area (Å²) in [7, 11) is 0. The van der Waals surface area contributed by atoms with E-state index >= 15 is 0 Å². The number of halogens is 3. The summed E-state index contributed by atoms with van der Waals surface area (Å²) in [6.45, 7) is 0. The molecule has 2 aliphatic rings. The number of thiophene rings is 1. The predicted molar refractivity (Wildman–Crippen MR) is 121 cm³/mol. The van der Waals surface area contributed by atoms with Crippen molar-refractivity contribution in [2.45, 2.75) is 31.0 Å². The molecular weight excluding hydrogens is 449 g/mol. The van der Waals surface area contributed by atoms with Crippen LogP contribution in [0.5, 0.6) is 0 Å². The summed E-state index contributed by atoms with van der Waals surface area (Å²) in [5, 5.41) is 4.95. The highest BCUT2D eigenvalue weighted by atomic mass is 32.1. The minimum Gasteiger partial charge on any atom is -0.357 e. The smallest absolute Gasteiger partial charge is 0.357 e. The monoisotopic (exact) mass is 468 g/mol. The number of ketones is 1. The lowest BCUT2D eigenvalue weighted by Crippen LogP contribution is -2.45. The summed E-state index contributed by atoms with van der Waals surface area (Å²) >= 11 is 1.22. The minimum absolute atomic E-state index is 0.0942. The number of hydrogen-bond donors (Lipinski definition) is 1. The number of nitrogens with one attached hydrogen (secondary N) is 1. The molecule has 1 amide bonds. The highest BCUT2D eigenvalue weighted by Crippen LogP contribution is 2.49. The second-order valence-electron chi connectivity index (χ2n) is 8.06. The van der Waals surface area contributed by atoms with Crippen LogP contribution in [-0.4, -0.2) is 17.9 Å². The van der Waals surface area contributed by atoms with E-state index in [0.29, 0.717) is 22.7 Å². The van der Waals surface area contributed by atoms with Crippen LogP contribution in [0, 0.1) is 0 Å². The van der Waals surface area contributed by atoms with E-state index in [2.05, 4.69) is 5.32 Å². The Morgan fingerprint density at radius 3 is 2.39 bits per heavy atom. The molecule has 0 saturated heterocycles. The third kappa shape index (κ3) is 3.84. The van der Waals surface area contributed by atoms with Crippen LogP contribution in [0.25, 0.3) is 0 Å². The van der Waals surface area contributed by atoms with Crippen molar-refractivity contribution in [3.05, 3.63) is 93.8 Å². The number of amides is 1. The van der Waals surface area contributed by atoms with E-state index in [1.54, 1.807) is 35.7 Å². The maximum atomic E-state index is 13.8. The highest BCUT2D eigenvalue weighted by molar-refractivity contribution is 7.10. The van der Waals surface area contributed by atoms with Crippen LogP contribution in [-0.2, 0) is 9.59 Å². The Kier molecular flexibility index (Phi) is 5.32. The fourth-order valence-corrected chi connectivity index (χ4v) is 5.45. The van der Waals surface area contributed by atoms with Crippen molar-refractivity contribution in [3.8, 4) is 0 Å². The Morgan fingerprint density at radius 2 is 1.70 bits per heavy atom. The number of carbonyl (C=O) groups is 2. The number of carbonyl (C=O) groups excluding carboxylic acids is 2. The molecule has 0 saturated carbocycles. The van der Waals surface area contributed by atoms with Gasteiger partial charge in [-0.25, -0.2) is 0 Å². The quantitative estimate of drug-likeness (QED) is 0.486. The van der Waals surface area contributed by atoms with Crippen molar-refractivity contribution >= 4 is 34.4 Å². The van der Waals surface area contributed by atoms with Gasteiger partial charge < -0.3 is 5.32 Å². The number of nitrogens with zero attached hydrogens (tertiary/aromatic N) is 1. The maximum Gasteiger partial charge on any atom is 0.471 e. The molecule has 1 N–H and O–H groups in total. The van der Waals surface area contributed by atoms with Gasteiger partial charge in [0.15, 0.2) is 5.78 Å². The number of fused-ring (bicyclic) bond motifs is 1. The zero-order valence-electron chi connectivity index (χ0n) is 17.3. The molecule has 5 rings (SSSR count). The Labute approximate surface area is 192 Å². The molecule has 2 atom stereocenters. The fourth-order valence-electron chi connectivity index (χ4n) is 4.63. The first-order valence-electron chi connectivity index (χ1n) is 10.5. The highest BCUT2D eigenvalue weighted by Gasteiger charge is 2.50. The second-order valence-corrected chi connectivity index (χ2v) is 9.04. The Balaban J connectivity index is 1.72. The lowest BCUT2D eigenvalue weighted by atomic mass is 9.79. The van der Waals surface area contributed by atoms with E-state index in [1.165, 1.54) is 17.4 Å². The topological polar surface area (TPSA) is 49.4 Å². The molecule has 4 nitrogen and oxygen atoms in total. The molecule has 1 aromatic heterocycles. The number of alkyl halides is 3. The third-order valence-corrected chi connectivity index (χ3v) is 6.96. The number of benzene rings is 2. The molecule has 2 heterocycles. The molecule has 3 aromatic rings. The maximum absolute atomic E-state index is 13.8. The van der Waals surface area contributed by atoms with E-state index in [0.717, 1.165) is 10.5 Å². The molecule has 0 bridgehead atoms. The van der Waals surface area contributed by atoms with Crippen LogP contribution < -0.4 is 10.2 Å². The van der Waals surface area contributed by atoms with Crippen LogP contribution in [0.15, 0.2) is 83.4 Å². The average Bonchev–Trinajstić information content (AvgIpc) is 3.28. The summed E-state index contributed by atoms with van der Waals surface area (Å²) in [4.78, 5) is 27.5. The van der Waals surface area contributed by atoms with Crippen molar-refractivity contribution in [2.75, 3.05) is 10.2 Å². The van der Waals surface area contributed by atoms with Crippen LogP contribution in [0.4, 0.5) is 24.5 Å².